The maximum Gasteiger partial charge on any atom is 0.276 e. The Labute approximate surface area is 146 Å². The van der Waals surface area contributed by atoms with E-state index in [2.05, 4.69) is 10.1 Å². The predicted molar refractivity (Wildman–Crippen MR) is 90.2 cm³/mol. The van der Waals surface area contributed by atoms with Crippen molar-refractivity contribution < 1.29 is 18.8 Å². The third-order valence-corrected chi connectivity index (χ3v) is 4.65. The van der Waals surface area contributed by atoms with Crippen LogP contribution in [0.15, 0.2) is 28.9 Å². The average Bonchev–Trinajstić information content (AvgIpc) is 3.21. The standard InChI is InChI=1S/C18H23N3O4/c1-12-15(11-24-3)17(20-25-12)18(22)21-8-13(10-23-2)14(9-21)16-6-4-5-7-19-16/h4-7,13-14H,8-11H2,1-3H3/t13-,14+/m0/s1. The Morgan fingerprint density at radius 1 is 1.32 bits per heavy atom. The minimum Gasteiger partial charge on any atom is -0.384 e. The van der Waals surface area contributed by atoms with Gasteiger partial charge in [0.25, 0.3) is 5.91 Å². The second-order valence-corrected chi connectivity index (χ2v) is 6.29. The zero-order chi connectivity index (χ0) is 17.8. The minimum absolute atomic E-state index is 0.136. The van der Waals surface area contributed by atoms with Crippen LogP contribution in [0.3, 0.4) is 0 Å². The van der Waals surface area contributed by atoms with Crippen LogP contribution in [0.25, 0.3) is 0 Å². The lowest BCUT2D eigenvalue weighted by molar-refractivity contribution is 0.0761. The number of methoxy groups -OCH3 is 2. The van der Waals surface area contributed by atoms with Gasteiger partial charge in [-0.15, -0.1) is 0 Å². The molecule has 3 heterocycles. The molecule has 0 bridgehead atoms. The lowest BCUT2D eigenvalue weighted by atomic mass is 9.93. The van der Waals surface area contributed by atoms with Gasteiger partial charge in [0.15, 0.2) is 5.69 Å². The molecule has 2 atom stereocenters. The van der Waals surface area contributed by atoms with Crippen LogP contribution in [0.5, 0.6) is 0 Å². The first kappa shape index (κ1) is 17.6. The van der Waals surface area contributed by atoms with Crippen LogP contribution < -0.4 is 0 Å². The van der Waals surface area contributed by atoms with Crippen molar-refractivity contribution in [3.63, 3.8) is 0 Å². The Morgan fingerprint density at radius 2 is 2.16 bits per heavy atom. The van der Waals surface area contributed by atoms with Crippen molar-refractivity contribution in [2.45, 2.75) is 19.4 Å². The number of hydrogen-bond acceptors (Lipinski definition) is 6. The second kappa shape index (κ2) is 7.76. The molecule has 7 nitrogen and oxygen atoms in total. The molecular formula is C18H23N3O4. The summed E-state index contributed by atoms with van der Waals surface area (Å²) in [5.41, 5.74) is 2.02. The van der Waals surface area contributed by atoms with E-state index in [0.29, 0.717) is 43.3 Å². The highest BCUT2D eigenvalue weighted by Crippen LogP contribution is 2.33. The number of aryl methyl sites for hydroxylation is 1. The van der Waals surface area contributed by atoms with E-state index in [0.717, 1.165) is 5.69 Å². The lowest BCUT2D eigenvalue weighted by Crippen LogP contribution is -2.30. The minimum atomic E-state index is -0.136. The number of amides is 1. The Morgan fingerprint density at radius 3 is 2.84 bits per heavy atom. The third kappa shape index (κ3) is 3.57. The van der Waals surface area contributed by atoms with Crippen molar-refractivity contribution in [1.82, 2.24) is 15.0 Å². The van der Waals surface area contributed by atoms with Gasteiger partial charge < -0.3 is 18.9 Å². The molecule has 1 amide bonds. The first-order chi connectivity index (χ1) is 12.2. The predicted octanol–water partition coefficient (Wildman–Crippen LogP) is 2.03. The van der Waals surface area contributed by atoms with Crippen LogP contribution in [0.4, 0.5) is 0 Å². The number of likely N-dealkylation sites (tertiary alicyclic amines) is 1. The molecule has 0 saturated carbocycles. The van der Waals surface area contributed by atoms with Crippen LogP contribution in [-0.4, -0.2) is 54.9 Å². The summed E-state index contributed by atoms with van der Waals surface area (Å²) in [4.78, 5) is 19.2. The van der Waals surface area contributed by atoms with Gasteiger partial charge in [0.2, 0.25) is 0 Å². The van der Waals surface area contributed by atoms with Crippen molar-refractivity contribution in [1.29, 1.82) is 0 Å². The highest BCUT2D eigenvalue weighted by Gasteiger charge is 2.38. The van der Waals surface area contributed by atoms with Crippen molar-refractivity contribution in [3.8, 4) is 0 Å². The average molecular weight is 345 g/mol. The van der Waals surface area contributed by atoms with Gasteiger partial charge in [-0.1, -0.05) is 11.2 Å². The number of hydrogen-bond donors (Lipinski definition) is 0. The van der Waals surface area contributed by atoms with Crippen LogP contribution >= 0.6 is 0 Å². The number of rotatable bonds is 6. The molecule has 2 aromatic heterocycles. The molecule has 0 radical (unpaired) electrons. The molecule has 1 saturated heterocycles. The van der Waals surface area contributed by atoms with Crippen LogP contribution in [0, 0.1) is 12.8 Å². The molecule has 0 unspecified atom stereocenters. The Kier molecular flexibility index (Phi) is 5.45. The SMILES string of the molecule is COCc1c(C(=O)N2C[C@@H](COC)[C@H](c3ccccn3)C2)noc1C. The molecule has 1 aliphatic heterocycles. The van der Waals surface area contributed by atoms with Crippen molar-refractivity contribution >= 4 is 5.91 Å². The van der Waals surface area contributed by atoms with E-state index in [1.165, 1.54) is 0 Å². The molecule has 0 aliphatic carbocycles. The summed E-state index contributed by atoms with van der Waals surface area (Å²) in [6.07, 6.45) is 1.78. The summed E-state index contributed by atoms with van der Waals surface area (Å²) in [6.45, 7) is 3.85. The summed E-state index contributed by atoms with van der Waals surface area (Å²) in [5, 5.41) is 3.95. The number of aromatic nitrogens is 2. The molecule has 1 aliphatic rings. The number of carbonyl (C=O) groups excluding carboxylic acids is 1. The van der Waals surface area contributed by atoms with Crippen LogP contribution in [0.2, 0.25) is 0 Å². The molecule has 0 aromatic carbocycles. The molecule has 2 aromatic rings. The van der Waals surface area contributed by atoms with Crippen molar-refractivity contribution in [2.24, 2.45) is 5.92 Å². The molecule has 25 heavy (non-hydrogen) atoms. The third-order valence-electron chi connectivity index (χ3n) is 4.65. The monoisotopic (exact) mass is 345 g/mol. The van der Waals surface area contributed by atoms with E-state index < -0.39 is 0 Å². The maximum absolute atomic E-state index is 13.0. The van der Waals surface area contributed by atoms with Gasteiger partial charge in [-0.3, -0.25) is 9.78 Å². The molecule has 0 spiro atoms. The van der Waals surface area contributed by atoms with Gasteiger partial charge in [0.05, 0.1) is 18.8 Å². The smallest absolute Gasteiger partial charge is 0.276 e. The normalized spacial score (nSPS) is 20.2. The molecule has 134 valence electrons. The first-order valence-electron chi connectivity index (χ1n) is 8.29. The topological polar surface area (TPSA) is 77.7 Å². The fraction of sp³-hybridized carbons (Fsp3) is 0.500. The maximum atomic E-state index is 13.0. The second-order valence-electron chi connectivity index (χ2n) is 6.29. The van der Waals surface area contributed by atoms with E-state index in [9.17, 15) is 4.79 Å². The van der Waals surface area contributed by atoms with E-state index in [1.54, 1.807) is 32.2 Å². The molecule has 1 fully saturated rings. The van der Waals surface area contributed by atoms with Crippen molar-refractivity contribution in [2.75, 3.05) is 33.9 Å². The Hall–Kier alpha value is -2.25. The molecule has 3 rings (SSSR count). The van der Waals surface area contributed by atoms with Crippen molar-refractivity contribution in [3.05, 3.63) is 47.1 Å². The van der Waals surface area contributed by atoms with E-state index in [1.807, 2.05) is 18.2 Å². The number of nitrogens with zero attached hydrogens (tertiary/aromatic N) is 3. The lowest BCUT2D eigenvalue weighted by Gasteiger charge is -2.16. The van der Waals surface area contributed by atoms with E-state index in [-0.39, 0.29) is 17.7 Å². The molecular weight excluding hydrogens is 322 g/mol. The zero-order valence-corrected chi connectivity index (χ0v) is 14.8. The number of pyridine rings is 1. The fourth-order valence-electron chi connectivity index (χ4n) is 3.37. The Bertz CT molecular complexity index is 716. The summed E-state index contributed by atoms with van der Waals surface area (Å²) in [6, 6.07) is 5.86. The highest BCUT2D eigenvalue weighted by atomic mass is 16.5. The summed E-state index contributed by atoms with van der Waals surface area (Å²) in [7, 11) is 3.26. The number of carbonyl (C=O) groups is 1. The van der Waals surface area contributed by atoms with Crippen LogP contribution in [-0.2, 0) is 16.1 Å². The van der Waals surface area contributed by atoms with E-state index >= 15 is 0 Å². The van der Waals surface area contributed by atoms with E-state index in [4.69, 9.17) is 14.0 Å². The van der Waals surface area contributed by atoms with Gasteiger partial charge >= 0.3 is 0 Å². The largest absolute Gasteiger partial charge is 0.384 e. The first-order valence-corrected chi connectivity index (χ1v) is 8.29. The van der Waals surface area contributed by atoms with Gasteiger partial charge in [-0.05, 0) is 19.1 Å². The van der Waals surface area contributed by atoms with Gasteiger partial charge in [0, 0.05) is 51.0 Å². The Balaban J connectivity index is 1.82. The quantitative estimate of drug-likeness (QED) is 0.797. The zero-order valence-electron chi connectivity index (χ0n) is 14.8. The highest BCUT2D eigenvalue weighted by molar-refractivity contribution is 5.94. The van der Waals surface area contributed by atoms with Crippen LogP contribution in [0.1, 0.15) is 33.4 Å². The summed E-state index contributed by atoms with van der Waals surface area (Å²) < 4.78 is 15.7. The summed E-state index contributed by atoms with van der Waals surface area (Å²) in [5.74, 6) is 0.814. The number of ether oxygens (including phenoxy) is 2. The summed E-state index contributed by atoms with van der Waals surface area (Å²) >= 11 is 0. The fourth-order valence-corrected chi connectivity index (χ4v) is 3.37. The molecule has 0 N–H and O–H groups in total. The molecule has 7 heteroatoms. The van der Waals surface area contributed by atoms with Gasteiger partial charge in [-0.25, -0.2) is 0 Å². The van der Waals surface area contributed by atoms with Gasteiger partial charge in [-0.2, -0.15) is 0 Å². The van der Waals surface area contributed by atoms with Gasteiger partial charge in [0.1, 0.15) is 5.76 Å².